The Morgan fingerprint density at radius 1 is 0.270 bits per heavy atom. The number of aromatic nitrogens is 4. The minimum absolute atomic E-state index is 0.625. The second kappa shape index (κ2) is 14.1. The van der Waals surface area contributed by atoms with Gasteiger partial charge in [-0.25, -0.2) is 15.0 Å². The van der Waals surface area contributed by atoms with Crippen LogP contribution in [-0.4, -0.2) is 19.5 Å². The third-order valence-corrected chi connectivity index (χ3v) is 12.8. The number of nitrogens with zero attached hydrogens (tertiary/aromatic N) is 4. The lowest BCUT2D eigenvalue weighted by atomic mass is 9.94. The molecule has 292 valence electrons. The van der Waals surface area contributed by atoms with Gasteiger partial charge in [-0.05, 0) is 84.5 Å². The fourth-order valence-electron chi connectivity index (χ4n) is 9.83. The molecule has 0 fully saturated rings. The predicted octanol–water partition coefficient (Wildman–Crippen LogP) is 15.4. The summed E-state index contributed by atoms with van der Waals surface area (Å²) in [5.74, 6) is 1.90. The van der Waals surface area contributed by atoms with E-state index in [2.05, 4.69) is 205 Å². The van der Waals surface area contributed by atoms with Crippen LogP contribution in [0.2, 0.25) is 0 Å². The van der Waals surface area contributed by atoms with Crippen molar-refractivity contribution in [3.8, 4) is 51.0 Å². The van der Waals surface area contributed by atoms with Crippen molar-refractivity contribution in [2.75, 3.05) is 0 Å². The average Bonchev–Trinajstić information content (AvgIpc) is 3.68. The third kappa shape index (κ3) is 5.66. The second-order valence-corrected chi connectivity index (χ2v) is 16.4. The van der Waals surface area contributed by atoms with Crippen LogP contribution >= 0.6 is 0 Å². The van der Waals surface area contributed by atoms with Gasteiger partial charge in [0.05, 0.1) is 16.7 Å². The maximum Gasteiger partial charge on any atom is 0.164 e. The van der Waals surface area contributed by atoms with Gasteiger partial charge in [0, 0.05) is 38.2 Å². The van der Waals surface area contributed by atoms with E-state index >= 15 is 0 Å². The first kappa shape index (κ1) is 35.3. The Bertz CT molecular complexity index is 3970. The van der Waals surface area contributed by atoms with Crippen LogP contribution < -0.4 is 0 Å². The summed E-state index contributed by atoms with van der Waals surface area (Å²) in [5.41, 5.74) is 8.62. The summed E-state index contributed by atoms with van der Waals surface area (Å²) in [6, 6.07) is 78.4. The Morgan fingerprint density at radius 2 is 0.810 bits per heavy atom. The molecule has 13 rings (SSSR count). The molecule has 0 radical (unpaired) electrons. The molecule has 0 atom stereocenters. The first-order valence-electron chi connectivity index (χ1n) is 21.4. The average molecular weight is 801 g/mol. The molecular weight excluding hydrogens is 765 g/mol. The van der Waals surface area contributed by atoms with Crippen LogP contribution in [0, 0.1) is 0 Å². The Labute approximate surface area is 363 Å². The Hall–Kier alpha value is -8.47. The van der Waals surface area contributed by atoms with E-state index in [1.54, 1.807) is 0 Å². The van der Waals surface area contributed by atoms with E-state index in [1.165, 1.54) is 54.2 Å². The third-order valence-electron chi connectivity index (χ3n) is 12.8. The van der Waals surface area contributed by atoms with E-state index in [9.17, 15) is 0 Å². The van der Waals surface area contributed by atoms with E-state index in [0.717, 1.165) is 55.0 Å². The monoisotopic (exact) mass is 800 g/mol. The van der Waals surface area contributed by atoms with E-state index in [4.69, 9.17) is 15.0 Å². The van der Waals surface area contributed by atoms with Crippen LogP contribution in [0.4, 0.5) is 0 Å². The molecule has 0 amide bonds. The molecule has 4 nitrogen and oxygen atoms in total. The quantitative estimate of drug-likeness (QED) is 0.174. The van der Waals surface area contributed by atoms with Crippen molar-refractivity contribution in [3.63, 3.8) is 0 Å². The van der Waals surface area contributed by atoms with Gasteiger partial charge in [-0.1, -0.05) is 188 Å². The fourth-order valence-corrected chi connectivity index (χ4v) is 9.83. The maximum atomic E-state index is 5.36. The van der Waals surface area contributed by atoms with Gasteiger partial charge in [-0.3, -0.25) is 0 Å². The lowest BCUT2D eigenvalue weighted by Gasteiger charge is -2.17. The SMILES string of the molecule is c1ccc(-c2nc(-c3cccc4ccccc34)nc(-c3ccc(-n4c5cc6ccccc6cc5c5ccc6ccccc6c54)c4cc(-c5cccc6ccccc56)ccc34)n2)cc1. The molecular formula is C59H36N4. The number of rotatable bonds is 5. The Morgan fingerprint density at radius 3 is 1.54 bits per heavy atom. The van der Waals surface area contributed by atoms with E-state index in [-0.39, 0.29) is 0 Å². The molecule has 0 aliphatic carbocycles. The van der Waals surface area contributed by atoms with E-state index in [0.29, 0.717) is 17.5 Å². The van der Waals surface area contributed by atoms with E-state index in [1.807, 2.05) is 18.2 Å². The normalized spacial score (nSPS) is 11.8. The molecule has 13 aromatic rings. The zero-order valence-corrected chi connectivity index (χ0v) is 34.1. The summed E-state index contributed by atoms with van der Waals surface area (Å²) in [7, 11) is 0. The summed E-state index contributed by atoms with van der Waals surface area (Å²) in [5, 5.41) is 14.1. The van der Waals surface area contributed by atoms with Gasteiger partial charge < -0.3 is 4.57 Å². The molecule has 2 heterocycles. The molecule has 0 N–H and O–H groups in total. The number of benzene rings is 11. The molecule has 0 unspecified atom stereocenters. The zero-order valence-electron chi connectivity index (χ0n) is 34.1. The van der Waals surface area contributed by atoms with Gasteiger partial charge in [-0.2, -0.15) is 0 Å². The predicted molar refractivity (Wildman–Crippen MR) is 263 cm³/mol. The number of fused-ring (bicyclic) bond motifs is 9. The molecule has 63 heavy (non-hydrogen) atoms. The lowest BCUT2D eigenvalue weighted by molar-refractivity contribution is 1.08. The highest BCUT2D eigenvalue weighted by atomic mass is 15.0. The molecule has 0 aliphatic heterocycles. The van der Waals surface area contributed by atoms with Crippen molar-refractivity contribution in [1.82, 2.24) is 19.5 Å². The van der Waals surface area contributed by atoms with Crippen LogP contribution in [0.3, 0.4) is 0 Å². The summed E-state index contributed by atoms with van der Waals surface area (Å²) >= 11 is 0. The van der Waals surface area contributed by atoms with Gasteiger partial charge in [0.2, 0.25) is 0 Å². The summed E-state index contributed by atoms with van der Waals surface area (Å²) in [6.07, 6.45) is 0. The molecule has 0 saturated heterocycles. The first-order valence-corrected chi connectivity index (χ1v) is 21.4. The summed E-state index contributed by atoms with van der Waals surface area (Å²) in [4.78, 5) is 15.8. The van der Waals surface area contributed by atoms with Crippen molar-refractivity contribution >= 4 is 75.7 Å². The smallest absolute Gasteiger partial charge is 0.164 e. The minimum atomic E-state index is 0.625. The summed E-state index contributed by atoms with van der Waals surface area (Å²) in [6.45, 7) is 0. The van der Waals surface area contributed by atoms with Gasteiger partial charge in [0.1, 0.15) is 0 Å². The highest BCUT2D eigenvalue weighted by Crippen LogP contribution is 2.43. The van der Waals surface area contributed by atoms with Crippen LogP contribution in [0.15, 0.2) is 218 Å². The van der Waals surface area contributed by atoms with Crippen molar-refractivity contribution in [2.45, 2.75) is 0 Å². The summed E-state index contributed by atoms with van der Waals surface area (Å²) < 4.78 is 2.50. The zero-order chi connectivity index (χ0) is 41.4. The van der Waals surface area contributed by atoms with Crippen molar-refractivity contribution in [2.24, 2.45) is 0 Å². The van der Waals surface area contributed by atoms with E-state index < -0.39 is 0 Å². The standard InChI is InChI=1S/C59H36N4/c1-2-17-40(18-3-1)57-60-58(50-27-13-22-38-15-7-10-24-45(38)50)62-59(61-57)51-32-33-54(52-35-43(29-30-48(51)52)46-26-12-21-37-14-6-9-23-44(37)46)63-55-36-42-20-5-4-19-41(42)34-53(55)49-31-28-39-16-8-11-25-47(39)56(49)63/h1-36H. The number of hydrogen-bond acceptors (Lipinski definition) is 3. The molecule has 0 saturated carbocycles. The van der Waals surface area contributed by atoms with Gasteiger partial charge in [0.15, 0.2) is 17.5 Å². The van der Waals surface area contributed by atoms with Gasteiger partial charge >= 0.3 is 0 Å². The largest absolute Gasteiger partial charge is 0.308 e. The van der Waals surface area contributed by atoms with Gasteiger partial charge in [0.25, 0.3) is 0 Å². The molecule has 2 aromatic heterocycles. The topological polar surface area (TPSA) is 43.6 Å². The van der Waals surface area contributed by atoms with Gasteiger partial charge in [-0.15, -0.1) is 0 Å². The van der Waals surface area contributed by atoms with Crippen molar-refractivity contribution < 1.29 is 0 Å². The number of hydrogen-bond donors (Lipinski definition) is 0. The fraction of sp³-hybridized carbons (Fsp3) is 0. The van der Waals surface area contributed by atoms with Crippen LogP contribution in [0.25, 0.3) is 127 Å². The van der Waals surface area contributed by atoms with Crippen LogP contribution in [0.1, 0.15) is 0 Å². The molecule has 0 bridgehead atoms. The molecule has 11 aromatic carbocycles. The van der Waals surface area contributed by atoms with Crippen molar-refractivity contribution in [1.29, 1.82) is 0 Å². The van der Waals surface area contributed by atoms with Crippen LogP contribution in [0.5, 0.6) is 0 Å². The minimum Gasteiger partial charge on any atom is -0.308 e. The highest BCUT2D eigenvalue weighted by molar-refractivity contribution is 6.21. The highest BCUT2D eigenvalue weighted by Gasteiger charge is 2.22. The van der Waals surface area contributed by atoms with Crippen molar-refractivity contribution in [3.05, 3.63) is 218 Å². The molecule has 0 spiro atoms. The second-order valence-electron chi connectivity index (χ2n) is 16.4. The molecule has 0 aliphatic rings. The maximum absolute atomic E-state index is 5.36. The Kier molecular flexibility index (Phi) is 7.87. The van der Waals surface area contributed by atoms with Crippen LogP contribution in [-0.2, 0) is 0 Å². The Balaban J connectivity index is 1.15. The molecule has 4 heteroatoms. The lowest BCUT2D eigenvalue weighted by Crippen LogP contribution is -2.02. The first-order chi connectivity index (χ1) is 31.2.